The Morgan fingerprint density at radius 1 is 1.10 bits per heavy atom. The minimum absolute atomic E-state index is 0.0360. The number of ether oxygens (including phenoxy) is 1. The van der Waals surface area contributed by atoms with Crippen molar-refractivity contribution in [2.45, 2.75) is 56.6 Å². The quantitative estimate of drug-likeness (QED) is 0.691. The highest BCUT2D eigenvalue weighted by Gasteiger charge is 2.43. The van der Waals surface area contributed by atoms with Crippen LogP contribution in [-0.2, 0) is 5.41 Å². The maximum Gasteiger partial charge on any atom is 0.254 e. The van der Waals surface area contributed by atoms with E-state index in [4.69, 9.17) is 4.74 Å². The standard InChI is InChI=1S/C25H30N2O4/c1-3-25(17-7-5-4-6-8-17)15-31-22-20(24(30)26-2)13-16(14-21(22)25)23(29)27-18-9-11-19(28)12-10-18/h4-8,13-14,18-19,28H,3,9-12,15H2,1-2H3,(H,26,30)(H,27,29)/t18?,19?,25-/m0/s1. The molecule has 1 fully saturated rings. The van der Waals surface area contributed by atoms with E-state index >= 15 is 0 Å². The Kier molecular flexibility index (Phi) is 6.01. The van der Waals surface area contributed by atoms with Gasteiger partial charge in [0.25, 0.3) is 11.8 Å². The normalized spacial score (nSPS) is 24.7. The number of hydrogen-bond acceptors (Lipinski definition) is 4. The second-order valence-electron chi connectivity index (χ2n) is 8.55. The van der Waals surface area contributed by atoms with Crippen LogP contribution in [0.2, 0.25) is 0 Å². The molecule has 2 aliphatic rings. The molecule has 1 aliphatic heterocycles. The number of benzene rings is 2. The SMILES string of the molecule is CC[C@@]1(c2ccccc2)COc2c(C(=O)NC)cc(C(=O)NC3CCC(O)CC3)cc21. The van der Waals surface area contributed by atoms with Crippen molar-refractivity contribution in [2.24, 2.45) is 0 Å². The molecule has 1 saturated carbocycles. The van der Waals surface area contributed by atoms with Crippen molar-refractivity contribution in [3.63, 3.8) is 0 Å². The lowest BCUT2D eigenvalue weighted by Crippen LogP contribution is -2.38. The third-order valence-electron chi connectivity index (χ3n) is 6.76. The zero-order chi connectivity index (χ0) is 22.0. The Labute approximate surface area is 183 Å². The molecule has 0 spiro atoms. The highest BCUT2D eigenvalue weighted by molar-refractivity contribution is 6.02. The zero-order valence-electron chi connectivity index (χ0n) is 18.1. The lowest BCUT2D eigenvalue weighted by atomic mass is 9.73. The van der Waals surface area contributed by atoms with Crippen LogP contribution < -0.4 is 15.4 Å². The van der Waals surface area contributed by atoms with Gasteiger partial charge in [0.05, 0.1) is 17.1 Å². The van der Waals surface area contributed by atoms with Crippen LogP contribution in [0.4, 0.5) is 0 Å². The van der Waals surface area contributed by atoms with E-state index in [0.717, 1.165) is 30.4 Å². The average molecular weight is 423 g/mol. The van der Waals surface area contributed by atoms with Crippen LogP contribution in [0.5, 0.6) is 5.75 Å². The molecule has 0 unspecified atom stereocenters. The highest BCUT2D eigenvalue weighted by atomic mass is 16.5. The summed E-state index contributed by atoms with van der Waals surface area (Å²) in [7, 11) is 1.58. The Hall–Kier alpha value is -2.86. The number of carbonyl (C=O) groups is 2. The molecule has 3 N–H and O–H groups in total. The van der Waals surface area contributed by atoms with E-state index in [9.17, 15) is 14.7 Å². The lowest BCUT2D eigenvalue weighted by molar-refractivity contribution is 0.0867. The Bertz CT molecular complexity index is 967. The molecule has 6 heteroatoms. The summed E-state index contributed by atoms with van der Waals surface area (Å²) in [5.41, 5.74) is 2.42. The fourth-order valence-electron chi connectivity index (χ4n) is 4.83. The molecular weight excluding hydrogens is 392 g/mol. The van der Waals surface area contributed by atoms with Crippen LogP contribution in [0, 0.1) is 0 Å². The van der Waals surface area contributed by atoms with Crippen molar-refractivity contribution in [3.8, 4) is 5.75 Å². The average Bonchev–Trinajstić information content (AvgIpc) is 3.19. The summed E-state index contributed by atoms with van der Waals surface area (Å²) in [4.78, 5) is 25.8. The second kappa shape index (κ2) is 8.71. The van der Waals surface area contributed by atoms with Crippen molar-refractivity contribution in [1.29, 1.82) is 0 Å². The third-order valence-corrected chi connectivity index (χ3v) is 6.76. The molecule has 0 radical (unpaired) electrons. The van der Waals surface area contributed by atoms with Crippen molar-refractivity contribution >= 4 is 11.8 Å². The van der Waals surface area contributed by atoms with E-state index in [2.05, 4.69) is 29.7 Å². The van der Waals surface area contributed by atoms with Gasteiger partial charge in [-0.05, 0) is 49.8 Å². The summed E-state index contributed by atoms with van der Waals surface area (Å²) >= 11 is 0. The van der Waals surface area contributed by atoms with Gasteiger partial charge in [0, 0.05) is 24.2 Å². The van der Waals surface area contributed by atoms with Gasteiger partial charge < -0.3 is 20.5 Å². The molecule has 1 atom stereocenters. The summed E-state index contributed by atoms with van der Waals surface area (Å²) in [6.45, 7) is 2.53. The Morgan fingerprint density at radius 3 is 2.45 bits per heavy atom. The molecule has 6 nitrogen and oxygen atoms in total. The van der Waals surface area contributed by atoms with Crippen molar-refractivity contribution in [3.05, 3.63) is 64.7 Å². The summed E-state index contributed by atoms with van der Waals surface area (Å²) in [5.74, 6) is 0.0911. The fourth-order valence-corrected chi connectivity index (χ4v) is 4.83. The van der Waals surface area contributed by atoms with Gasteiger partial charge in [-0.15, -0.1) is 0 Å². The summed E-state index contributed by atoms with van der Waals surface area (Å²) in [6.07, 6.45) is 3.40. The fraction of sp³-hybridized carbons (Fsp3) is 0.440. The minimum atomic E-state index is -0.412. The Morgan fingerprint density at radius 2 is 1.81 bits per heavy atom. The lowest BCUT2D eigenvalue weighted by Gasteiger charge is -2.28. The first-order valence-electron chi connectivity index (χ1n) is 11.1. The molecule has 0 bridgehead atoms. The summed E-state index contributed by atoms with van der Waals surface area (Å²) < 4.78 is 6.09. The first-order chi connectivity index (χ1) is 15.0. The molecule has 1 heterocycles. The summed E-state index contributed by atoms with van der Waals surface area (Å²) in [6, 6.07) is 13.7. The first kappa shape index (κ1) is 21.4. The largest absolute Gasteiger partial charge is 0.491 e. The third kappa shape index (κ3) is 3.92. The number of nitrogens with one attached hydrogen (secondary N) is 2. The van der Waals surface area contributed by atoms with E-state index in [1.165, 1.54) is 0 Å². The van der Waals surface area contributed by atoms with E-state index in [1.807, 2.05) is 24.3 Å². The predicted octanol–water partition coefficient (Wildman–Crippen LogP) is 3.17. The predicted molar refractivity (Wildman–Crippen MR) is 119 cm³/mol. The topological polar surface area (TPSA) is 87.7 Å². The van der Waals surface area contributed by atoms with Gasteiger partial charge >= 0.3 is 0 Å². The van der Waals surface area contributed by atoms with Gasteiger partial charge in [0.15, 0.2) is 0 Å². The van der Waals surface area contributed by atoms with Gasteiger partial charge in [0.1, 0.15) is 12.4 Å². The van der Waals surface area contributed by atoms with Crippen LogP contribution in [-0.4, -0.2) is 42.7 Å². The van der Waals surface area contributed by atoms with Crippen LogP contribution >= 0.6 is 0 Å². The molecule has 2 amide bonds. The molecule has 1 aliphatic carbocycles. The number of aliphatic hydroxyl groups is 1. The van der Waals surface area contributed by atoms with E-state index in [-0.39, 0.29) is 24.0 Å². The smallest absolute Gasteiger partial charge is 0.254 e. The molecule has 31 heavy (non-hydrogen) atoms. The molecule has 0 saturated heterocycles. The maximum absolute atomic E-state index is 13.1. The maximum atomic E-state index is 13.1. The Balaban J connectivity index is 1.75. The van der Waals surface area contributed by atoms with Crippen LogP contribution in [0.25, 0.3) is 0 Å². The number of aliphatic hydroxyl groups excluding tert-OH is 1. The number of hydrogen-bond donors (Lipinski definition) is 3. The van der Waals surface area contributed by atoms with Crippen LogP contribution in [0.15, 0.2) is 42.5 Å². The van der Waals surface area contributed by atoms with E-state index < -0.39 is 5.41 Å². The molecule has 0 aromatic heterocycles. The molecular formula is C25H30N2O4. The number of fused-ring (bicyclic) bond motifs is 1. The minimum Gasteiger partial charge on any atom is -0.491 e. The molecule has 4 rings (SSSR count). The van der Waals surface area contributed by atoms with Crippen molar-refractivity contribution in [2.75, 3.05) is 13.7 Å². The monoisotopic (exact) mass is 422 g/mol. The molecule has 2 aromatic rings. The van der Waals surface area contributed by atoms with Gasteiger partial charge in [-0.25, -0.2) is 0 Å². The number of amides is 2. The zero-order valence-corrected chi connectivity index (χ0v) is 18.1. The first-order valence-corrected chi connectivity index (χ1v) is 11.1. The van der Waals surface area contributed by atoms with E-state index in [0.29, 0.717) is 36.3 Å². The highest BCUT2D eigenvalue weighted by Crippen LogP contribution is 2.47. The van der Waals surface area contributed by atoms with E-state index in [1.54, 1.807) is 13.1 Å². The second-order valence-corrected chi connectivity index (χ2v) is 8.55. The van der Waals surface area contributed by atoms with Crippen molar-refractivity contribution in [1.82, 2.24) is 10.6 Å². The van der Waals surface area contributed by atoms with Gasteiger partial charge in [-0.2, -0.15) is 0 Å². The number of rotatable bonds is 5. The molecule has 2 aromatic carbocycles. The van der Waals surface area contributed by atoms with Crippen LogP contribution in [0.3, 0.4) is 0 Å². The van der Waals surface area contributed by atoms with Crippen LogP contribution in [0.1, 0.15) is 70.9 Å². The van der Waals surface area contributed by atoms with Gasteiger partial charge in [-0.3, -0.25) is 9.59 Å². The number of carbonyl (C=O) groups excluding carboxylic acids is 2. The molecule has 164 valence electrons. The summed E-state index contributed by atoms with van der Waals surface area (Å²) in [5, 5.41) is 15.5. The van der Waals surface area contributed by atoms with Gasteiger partial charge in [-0.1, -0.05) is 37.3 Å². The van der Waals surface area contributed by atoms with Gasteiger partial charge in [0.2, 0.25) is 0 Å². The van der Waals surface area contributed by atoms with Crippen molar-refractivity contribution < 1.29 is 19.4 Å².